The van der Waals surface area contributed by atoms with E-state index in [1.807, 2.05) is 19.4 Å². The van der Waals surface area contributed by atoms with Gasteiger partial charge in [-0.2, -0.15) is 0 Å². The van der Waals surface area contributed by atoms with Crippen molar-refractivity contribution in [2.24, 2.45) is 0 Å². The zero-order valence-electron chi connectivity index (χ0n) is 8.91. The van der Waals surface area contributed by atoms with Gasteiger partial charge in [0.2, 0.25) is 0 Å². The highest BCUT2D eigenvalue weighted by Crippen LogP contribution is 2.21. The molecule has 1 N–H and O–H groups in total. The van der Waals surface area contributed by atoms with E-state index in [0.717, 1.165) is 17.6 Å². The lowest BCUT2D eigenvalue weighted by Gasteiger charge is -2.34. The highest BCUT2D eigenvalue weighted by atomic mass is 79.9. The molecule has 1 saturated heterocycles. The Morgan fingerprint density at radius 2 is 2.40 bits per heavy atom. The summed E-state index contributed by atoms with van der Waals surface area (Å²) in [5.41, 5.74) is 1.21. The van der Waals surface area contributed by atoms with E-state index < -0.39 is 0 Å². The van der Waals surface area contributed by atoms with Crippen LogP contribution >= 0.6 is 15.9 Å². The predicted octanol–water partition coefficient (Wildman–Crippen LogP) is 2.03. The van der Waals surface area contributed by atoms with Crippen molar-refractivity contribution in [3.63, 3.8) is 0 Å². The molecule has 2 rings (SSSR count). The molecule has 0 bridgehead atoms. The van der Waals surface area contributed by atoms with Gasteiger partial charge in [-0.1, -0.05) is 0 Å². The minimum atomic E-state index is 0.609. The van der Waals surface area contributed by atoms with Crippen LogP contribution in [0.1, 0.15) is 12.8 Å². The first-order valence-corrected chi connectivity index (χ1v) is 6.11. The van der Waals surface area contributed by atoms with Gasteiger partial charge in [-0.05, 0) is 41.9 Å². The number of halogens is 1. The maximum Gasteiger partial charge on any atom is 0.0564 e. The molecule has 15 heavy (non-hydrogen) atoms. The van der Waals surface area contributed by atoms with Crippen molar-refractivity contribution in [2.45, 2.75) is 18.9 Å². The largest absolute Gasteiger partial charge is 0.369 e. The van der Waals surface area contributed by atoms with E-state index in [1.54, 1.807) is 0 Å². The second-order valence-electron chi connectivity index (χ2n) is 3.94. The van der Waals surface area contributed by atoms with Crippen molar-refractivity contribution in [1.82, 2.24) is 10.3 Å². The third-order valence-corrected chi connectivity index (χ3v) is 3.32. The fourth-order valence-electron chi connectivity index (χ4n) is 2.02. The number of aromatic nitrogens is 1. The lowest BCUT2D eigenvalue weighted by Crippen LogP contribution is -2.44. The van der Waals surface area contributed by atoms with E-state index in [-0.39, 0.29) is 0 Å². The van der Waals surface area contributed by atoms with E-state index in [2.05, 4.69) is 37.2 Å². The van der Waals surface area contributed by atoms with Gasteiger partial charge in [-0.15, -0.1) is 0 Å². The second-order valence-corrected chi connectivity index (χ2v) is 4.85. The fraction of sp³-hybridized carbons (Fsp3) is 0.545. The molecule has 1 aliphatic rings. The van der Waals surface area contributed by atoms with Gasteiger partial charge >= 0.3 is 0 Å². The molecule has 1 aromatic heterocycles. The van der Waals surface area contributed by atoms with Gasteiger partial charge < -0.3 is 10.2 Å². The smallest absolute Gasteiger partial charge is 0.0564 e. The number of anilines is 1. The Hall–Kier alpha value is -0.610. The van der Waals surface area contributed by atoms with Crippen LogP contribution in [0, 0.1) is 0 Å². The van der Waals surface area contributed by atoms with Gasteiger partial charge in [0.15, 0.2) is 0 Å². The third kappa shape index (κ3) is 2.69. The van der Waals surface area contributed by atoms with Crippen molar-refractivity contribution in [3.8, 4) is 0 Å². The van der Waals surface area contributed by atoms with Crippen LogP contribution in [0.3, 0.4) is 0 Å². The van der Waals surface area contributed by atoms with Crippen molar-refractivity contribution < 1.29 is 0 Å². The topological polar surface area (TPSA) is 28.2 Å². The van der Waals surface area contributed by atoms with Crippen molar-refractivity contribution in [2.75, 3.05) is 25.0 Å². The molecule has 3 nitrogen and oxygen atoms in total. The van der Waals surface area contributed by atoms with Crippen LogP contribution in [0.5, 0.6) is 0 Å². The number of hydrogen-bond donors (Lipinski definition) is 1. The molecule has 0 amide bonds. The Labute approximate surface area is 99.0 Å². The molecule has 1 fully saturated rings. The summed E-state index contributed by atoms with van der Waals surface area (Å²) >= 11 is 3.46. The number of piperidine rings is 1. The molecule has 1 unspecified atom stereocenters. The second kappa shape index (κ2) is 4.94. The van der Waals surface area contributed by atoms with E-state index in [0.29, 0.717) is 6.04 Å². The predicted molar refractivity (Wildman–Crippen MR) is 66.2 cm³/mol. The van der Waals surface area contributed by atoms with Crippen molar-refractivity contribution in [3.05, 3.63) is 22.9 Å². The standard InChI is InChI=1S/C11H16BrN3/c1-13-10-3-2-4-15(8-10)11-5-9(12)6-14-7-11/h5-7,10,13H,2-4,8H2,1H3. The Balaban J connectivity index is 2.09. The summed E-state index contributed by atoms with van der Waals surface area (Å²) in [6, 6.07) is 2.74. The normalized spacial score (nSPS) is 21.7. The molecule has 0 spiro atoms. The highest BCUT2D eigenvalue weighted by Gasteiger charge is 2.18. The molecule has 1 atom stereocenters. The summed E-state index contributed by atoms with van der Waals surface area (Å²) < 4.78 is 1.05. The molecule has 0 saturated carbocycles. The monoisotopic (exact) mass is 269 g/mol. The van der Waals surface area contributed by atoms with Gasteiger partial charge in [0, 0.05) is 29.8 Å². The Morgan fingerprint density at radius 3 is 3.13 bits per heavy atom. The lowest BCUT2D eigenvalue weighted by molar-refractivity contribution is 0.449. The molecule has 0 aliphatic carbocycles. The first-order valence-electron chi connectivity index (χ1n) is 5.32. The molecule has 4 heteroatoms. The minimum absolute atomic E-state index is 0.609. The van der Waals surface area contributed by atoms with Crippen LogP contribution in [-0.2, 0) is 0 Å². The molecule has 2 heterocycles. The average Bonchev–Trinajstić information content (AvgIpc) is 2.29. The summed E-state index contributed by atoms with van der Waals surface area (Å²) in [7, 11) is 2.04. The van der Waals surface area contributed by atoms with E-state index in [4.69, 9.17) is 0 Å². The van der Waals surface area contributed by atoms with Crippen molar-refractivity contribution in [1.29, 1.82) is 0 Å². The summed E-state index contributed by atoms with van der Waals surface area (Å²) in [6.45, 7) is 2.21. The number of likely N-dealkylation sites (N-methyl/N-ethyl adjacent to an activating group) is 1. The number of hydrogen-bond acceptors (Lipinski definition) is 3. The Bertz CT molecular complexity index is 329. The molecule has 1 aliphatic heterocycles. The maximum absolute atomic E-state index is 4.20. The number of nitrogens with zero attached hydrogens (tertiary/aromatic N) is 2. The van der Waals surface area contributed by atoms with Crippen LogP contribution in [0.2, 0.25) is 0 Å². The van der Waals surface area contributed by atoms with E-state index in [9.17, 15) is 0 Å². The summed E-state index contributed by atoms with van der Waals surface area (Å²) in [5, 5.41) is 3.34. The maximum atomic E-state index is 4.20. The minimum Gasteiger partial charge on any atom is -0.369 e. The Morgan fingerprint density at radius 1 is 1.53 bits per heavy atom. The summed E-state index contributed by atoms with van der Waals surface area (Å²) in [5.74, 6) is 0. The molecule has 82 valence electrons. The van der Waals surface area contributed by atoms with Crippen LogP contribution < -0.4 is 10.2 Å². The van der Waals surface area contributed by atoms with Gasteiger partial charge in [-0.25, -0.2) is 0 Å². The number of nitrogens with one attached hydrogen (secondary N) is 1. The SMILES string of the molecule is CNC1CCCN(c2cncc(Br)c2)C1. The average molecular weight is 270 g/mol. The molecule has 0 aromatic carbocycles. The zero-order chi connectivity index (χ0) is 10.7. The molecular formula is C11H16BrN3. The van der Waals surface area contributed by atoms with Gasteiger partial charge in [0.25, 0.3) is 0 Å². The summed E-state index contributed by atoms with van der Waals surface area (Å²) in [6.07, 6.45) is 6.28. The van der Waals surface area contributed by atoms with E-state index >= 15 is 0 Å². The lowest BCUT2D eigenvalue weighted by atomic mass is 10.1. The van der Waals surface area contributed by atoms with E-state index in [1.165, 1.54) is 18.5 Å². The fourth-order valence-corrected chi connectivity index (χ4v) is 2.37. The first-order chi connectivity index (χ1) is 7.29. The van der Waals surface area contributed by atoms with Crippen LogP contribution in [0.4, 0.5) is 5.69 Å². The van der Waals surface area contributed by atoms with Gasteiger partial charge in [-0.3, -0.25) is 4.98 Å². The van der Waals surface area contributed by atoms with Crippen LogP contribution in [0.25, 0.3) is 0 Å². The quantitative estimate of drug-likeness (QED) is 0.891. The zero-order valence-corrected chi connectivity index (χ0v) is 10.5. The number of rotatable bonds is 2. The summed E-state index contributed by atoms with van der Waals surface area (Å²) in [4.78, 5) is 6.59. The first kappa shape index (κ1) is 10.9. The van der Waals surface area contributed by atoms with Gasteiger partial charge in [0.1, 0.15) is 0 Å². The Kier molecular flexibility index (Phi) is 3.59. The molecule has 0 radical (unpaired) electrons. The molecule has 1 aromatic rings. The van der Waals surface area contributed by atoms with Gasteiger partial charge in [0.05, 0.1) is 11.9 Å². The van der Waals surface area contributed by atoms with Crippen LogP contribution in [0.15, 0.2) is 22.9 Å². The van der Waals surface area contributed by atoms with Crippen LogP contribution in [-0.4, -0.2) is 31.2 Å². The third-order valence-electron chi connectivity index (χ3n) is 2.89. The van der Waals surface area contributed by atoms with Crippen molar-refractivity contribution >= 4 is 21.6 Å². The molecular weight excluding hydrogens is 254 g/mol. The highest BCUT2D eigenvalue weighted by molar-refractivity contribution is 9.10. The number of pyridine rings is 1.